The Hall–Kier alpha value is -3.83. The van der Waals surface area contributed by atoms with Gasteiger partial charge in [-0.2, -0.15) is 5.10 Å². The first kappa shape index (κ1) is 21.5. The number of aromatic nitrogens is 8. The fourth-order valence-electron chi connectivity index (χ4n) is 5.54. The Balaban J connectivity index is 1.38. The molecule has 7 rings (SSSR count). The number of benzene rings is 1. The Bertz CT molecular complexity index is 1540. The molecule has 2 aliphatic rings. The van der Waals surface area contributed by atoms with Crippen LogP contribution in [0.4, 0.5) is 5.82 Å². The number of hydrogen-bond donors (Lipinski definition) is 1. The Labute approximate surface area is 206 Å². The van der Waals surface area contributed by atoms with Gasteiger partial charge >= 0.3 is 0 Å². The second-order valence-corrected chi connectivity index (χ2v) is 9.46. The largest absolute Gasteiger partial charge is 0.382 e. The van der Waals surface area contributed by atoms with E-state index in [0.29, 0.717) is 11.9 Å². The Morgan fingerprint density at radius 3 is 2.47 bits per heavy atom. The van der Waals surface area contributed by atoms with Crippen LogP contribution in [0.3, 0.4) is 0 Å². The number of rotatable bonds is 4. The van der Waals surface area contributed by atoms with Gasteiger partial charge in [-0.15, -0.1) is 5.10 Å². The maximum absolute atomic E-state index is 6.41. The number of fused-ring (bicyclic) bond motifs is 2. The summed E-state index contributed by atoms with van der Waals surface area (Å²) in [5, 5.41) is 13.3. The van der Waals surface area contributed by atoms with Crippen molar-refractivity contribution in [1.29, 1.82) is 0 Å². The van der Waals surface area contributed by atoms with Crippen LogP contribution in [0.2, 0.25) is 0 Å². The van der Waals surface area contributed by atoms with Crippen LogP contribution in [0.5, 0.6) is 0 Å². The van der Waals surface area contributed by atoms with E-state index in [1.165, 1.54) is 6.33 Å². The predicted octanol–water partition coefficient (Wildman–Crippen LogP) is 3.29. The first-order chi connectivity index (χ1) is 17.8. The molecule has 2 aliphatic heterocycles. The monoisotopic (exact) mass is 485 g/mol. The predicted molar refractivity (Wildman–Crippen MR) is 133 cm³/mol. The molecule has 0 bridgehead atoms. The van der Waals surface area contributed by atoms with Gasteiger partial charge in [0.25, 0.3) is 0 Å². The van der Waals surface area contributed by atoms with Crippen molar-refractivity contribution in [3.8, 4) is 22.5 Å². The molecule has 0 aliphatic carbocycles. The van der Waals surface area contributed by atoms with Gasteiger partial charge in [-0.05, 0) is 43.9 Å². The molecule has 6 heterocycles. The van der Waals surface area contributed by atoms with E-state index in [0.717, 1.165) is 91.2 Å². The van der Waals surface area contributed by atoms with E-state index in [1.807, 2.05) is 15.5 Å². The minimum absolute atomic E-state index is 0.227. The normalized spacial score (nSPS) is 17.9. The van der Waals surface area contributed by atoms with E-state index in [4.69, 9.17) is 15.2 Å². The lowest BCUT2D eigenvalue weighted by molar-refractivity contribution is 0.0662. The van der Waals surface area contributed by atoms with Crippen LogP contribution in [0.25, 0.3) is 39.1 Å². The van der Waals surface area contributed by atoms with Crippen molar-refractivity contribution in [3.63, 3.8) is 0 Å². The van der Waals surface area contributed by atoms with Crippen molar-refractivity contribution >= 4 is 22.4 Å². The molecule has 2 fully saturated rings. The topological polar surface area (TPSA) is 123 Å². The third kappa shape index (κ3) is 3.46. The molecule has 0 unspecified atom stereocenters. The second-order valence-electron chi connectivity index (χ2n) is 9.46. The van der Waals surface area contributed by atoms with E-state index in [1.54, 1.807) is 6.20 Å². The molecule has 11 nitrogen and oxygen atoms in total. The summed E-state index contributed by atoms with van der Waals surface area (Å²) in [7, 11) is 0. The zero-order valence-corrected chi connectivity index (χ0v) is 19.8. The number of imidazole rings is 1. The molecule has 5 aromatic rings. The summed E-state index contributed by atoms with van der Waals surface area (Å²) in [6, 6.07) is 9.07. The quantitative estimate of drug-likeness (QED) is 0.411. The lowest BCUT2D eigenvalue weighted by Gasteiger charge is -2.24. The molecule has 0 amide bonds. The maximum Gasteiger partial charge on any atom is 0.152 e. The van der Waals surface area contributed by atoms with E-state index in [9.17, 15) is 0 Å². The van der Waals surface area contributed by atoms with Crippen LogP contribution in [0, 0.1) is 0 Å². The summed E-state index contributed by atoms with van der Waals surface area (Å²) < 4.78 is 17.3. The SMILES string of the molecule is Nc1ncnn2c(-c3ccc4ncn(C5CCOCC5)c4c3)cc(-c3cnnn3C3CCOCC3)c12. The first-order valence-electron chi connectivity index (χ1n) is 12.4. The molecular weight excluding hydrogens is 458 g/mol. The van der Waals surface area contributed by atoms with Gasteiger partial charge in [0, 0.05) is 43.6 Å². The molecule has 36 heavy (non-hydrogen) atoms. The fourth-order valence-corrected chi connectivity index (χ4v) is 5.54. The minimum Gasteiger partial charge on any atom is -0.382 e. The Morgan fingerprint density at radius 2 is 1.67 bits per heavy atom. The molecule has 0 saturated carbocycles. The van der Waals surface area contributed by atoms with Gasteiger partial charge in [-0.1, -0.05) is 11.3 Å². The highest BCUT2D eigenvalue weighted by Gasteiger charge is 2.25. The van der Waals surface area contributed by atoms with Crippen LogP contribution in [-0.2, 0) is 9.47 Å². The zero-order chi connectivity index (χ0) is 24.1. The summed E-state index contributed by atoms with van der Waals surface area (Å²) >= 11 is 0. The van der Waals surface area contributed by atoms with Gasteiger partial charge < -0.3 is 19.8 Å². The van der Waals surface area contributed by atoms with Gasteiger partial charge in [0.15, 0.2) is 5.82 Å². The molecule has 0 atom stereocenters. The molecule has 4 aromatic heterocycles. The van der Waals surface area contributed by atoms with Crippen LogP contribution >= 0.6 is 0 Å². The number of nitrogens with zero attached hydrogens (tertiary/aromatic N) is 8. The average molecular weight is 486 g/mol. The highest BCUT2D eigenvalue weighted by molar-refractivity contribution is 5.92. The lowest BCUT2D eigenvalue weighted by atomic mass is 10.1. The fraction of sp³-hybridized carbons (Fsp3) is 0.400. The number of hydrogen-bond acceptors (Lipinski definition) is 8. The third-order valence-corrected chi connectivity index (χ3v) is 7.42. The summed E-state index contributed by atoms with van der Waals surface area (Å²) in [6.07, 6.45) is 9.01. The molecule has 0 radical (unpaired) electrons. The second kappa shape index (κ2) is 8.68. The number of anilines is 1. The summed E-state index contributed by atoms with van der Waals surface area (Å²) in [5.41, 5.74) is 13.0. The molecule has 2 N–H and O–H groups in total. The average Bonchev–Trinajstić information content (AvgIpc) is 3.66. The van der Waals surface area contributed by atoms with Crippen molar-refractivity contribution < 1.29 is 9.47 Å². The van der Waals surface area contributed by atoms with Crippen LogP contribution in [0.1, 0.15) is 37.8 Å². The van der Waals surface area contributed by atoms with E-state index in [2.05, 4.69) is 54.2 Å². The standard InChI is InChI=1S/C25H27N9O2/c26-25-24-19(23-13-29-31-33(23)18-5-9-36-10-6-18)12-21(34(24)30-14-27-25)16-1-2-20-22(11-16)32(15-28-20)17-3-7-35-8-4-17/h1-2,11-15,17-18H,3-10H2,(H2,26,27,30). The van der Waals surface area contributed by atoms with Crippen LogP contribution < -0.4 is 5.73 Å². The van der Waals surface area contributed by atoms with E-state index in [-0.39, 0.29) is 6.04 Å². The molecule has 2 saturated heterocycles. The molecular formula is C25H27N9O2. The minimum atomic E-state index is 0.227. The highest BCUT2D eigenvalue weighted by atomic mass is 16.5. The molecule has 1 aromatic carbocycles. The summed E-state index contributed by atoms with van der Waals surface area (Å²) in [5.74, 6) is 0.416. The van der Waals surface area contributed by atoms with Crippen molar-refractivity contribution in [2.24, 2.45) is 0 Å². The van der Waals surface area contributed by atoms with Gasteiger partial charge in [-0.3, -0.25) is 0 Å². The first-order valence-corrected chi connectivity index (χ1v) is 12.4. The molecule has 184 valence electrons. The number of nitrogen functional groups attached to an aromatic ring is 1. The highest BCUT2D eigenvalue weighted by Crippen LogP contribution is 2.37. The molecule has 11 heteroatoms. The zero-order valence-electron chi connectivity index (χ0n) is 19.8. The van der Waals surface area contributed by atoms with Crippen LogP contribution in [-0.4, -0.2) is 65.6 Å². The van der Waals surface area contributed by atoms with Gasteiger partial charge in [0.1, 0.15) is 11.8 Å². The van der Waals surface area contributed by atoms with Gasteiger partial charge in [-0.25, -0.2) is 19.2 Å². The van der Waals surface area contributed by atoms with Gasteiger partial charge in [0.05, 0.1) is 41.0 Å². The smallest absolute Gasteiger partial charge is 0.152 e. The Kier molecular flexibility index (Phi) is 5.17. The van der Waals surface area contributed by atoms with Crippen molar-refractivity contribution in [2.75, 3.05) is 32.2 Å². The van der Waals surface area contributed by atoms with E-state index >= 15 is 0 Å². The van der Waals surface area contributed by atoms with E-state index < -0.39 is 0 Å². The lowest BCUT2D eigenvalue weighted by Crippen LogP contribution is -2.21. The van der Waals surface area contributed by atoms with Crippen molar-refractivity contribution in [1.82, 2.24) is 39.1 Å². The number of ether oxygens (including phenoxy) is 2. The van der Waals surface area contributed by atoms with Crippen molar-refractivity contribution in [3.05, 3.63) is 43.1 Å². The number of nitrogens with two attached hydrogens (primary N) is 1. The summed E-state index contributed by atoms with van der Waals surface area (Å²) in [4.78, 5) is 8.95. The van der Waals surface area contributed by atoms with Gasteiger partial charge in [0.2, 0.25) is 0 Å². The van der Waals surface area contributed by atoms with Crippen molar-refractivity contribution in [2.45, 2.75) is 37.8 Å². The maximum atomic E-state index is 6.41. The molecule has 0 spiro atoms. The Morgan fingerprint density at radius 1 is 0.889 bits per heavy atom. The third-order valence-electron chi connectivity index (χ3n) is 7.42. The van der Waals surface area contributed by atoms with Crippen LogP contribution in [0.15, 0.2) is 43.1 Å². The summed E-state index contributed by atoms with van der Waals surface area (Å²) in [6.45, 7) is 3.00.